The number of hydrogen-bond donors (Lipinski definition) is 1. The van der Waals surface area contributed by atoms with Crippen LogP contribution in [-0.2, 0) is 0 Å². The van der Waals surface area contributed by atoms with E-state index in [1.165, 1.54) is 51.4 Å². The normalized spacial score (nSPS) is 28.3. The summed E-state index contributed by atoms with van der Waals surface area (Å²) in [5.41, 5.74) is 0.388. The van der Waals surface area contributed by atoms with Crippen LogP contribution >= 0.6 is 0 Å². The Hall–Kier alpha value is -0.0800. The Morgan fingerprint density at radius 2 is 1.76 bits per heavy atom. The van der Waals surface area contributed by atoms with Crippen molar-refractivity contribution in [3.63, 3.8) is 0 Å². The molecule has 126 valence electrons. The Balaban J connectivity index is 2.74. The van der Waals surface area contributed by atoms with Gasteiger partial charge in [-0.3, -0.25) is 0 Å². The minimum absolute atomic E-state index is 0.388. The van der Waals surface area contributed by atoms with E-state index in [0.29, 0.717) is 11.6 Å². The molecule has 0 aromatic rings. The summed E-state index contributed by atoms with van der Waals surface area (Å²) in [7, 11) is 4.61. The van der Waals surface area contributed by atoms with Gasteiger partial charge < -0.3 is 10.2 Å². The first-order valence-corrected chi connectivity index (χ1v) is 9.33. The minimum atomic E-state index is 0.388. The fourth-order valence-electron chi connectivity index (χ4n) is 3.98. The second-order valence-corrected chi connectivity index (χ2v) is 8.01. The second kappa shape index (κ2) is 9.15. The van der Waals surface area contributed by atoms with Crippen LogP contribution in [0, 0.1) is 11.8 Å². The molecule has 1 saturated carbocycles. The number of rotatable bonds is 9. The van der Waals surface area contributed by atoms with Crippen LogP contribution in [-0.4, -0.2) is 37.1 Å². The molecule has 2 nitrogen and oxygen atoms in total. The molecule has 0 radical (unpaired) electrons. The van der Waals surface area contributed by atoms with E-state index in [0.717, 1.165) is 18.4 Å². The van der Waals surface area contributed by atoms with Crippen LogP contribution < -0.4 is 5.32 Å². The van der Waals surface area contributed by atoms with E-state index in [4.69, 9.17) is 0 Å². The molecule has 0 spiro atoms. The number of likely N-dealkylation sites (N-methyl/N-ethyl adjacent to an activating group) is 1. The van der Waals surface area contributed by atoms with E-state index >= 15 is 0 Å². The van der Waals surface area contributed by atoms with Crippen molar-refractivity contribution in [1.82, 2.24) is 10.2 Å². The highest BCUT2D eigenvalue weighted by Gasteiger charge is 2.42. The topological polar surface area (TPSA) is 15.3 Å². The van der Waals surface area contributed by atoms with Crippen LogP contribution in [0.5, 0.6) is 0 Å². The molecule has 1 N–H and O–H groups in total. The van der Waals surface area contributed by atoms with E-state index in [2.05, 4.69) is 52.0 Å². The van der Waals surface area contributed by atoms with Crippen LogP contribution in [0.15, 0.2) is 0 Å². The van der Waals surface area contributed by atoms with Gasteiger partial charge in [0.2, 0.25) is 0 Å². The van der Waals surface area contributed by atoms with Gasteiger partial charge in [-0.1, -0.05) is 40.5 Å². The van der Waals surface area contributed by atoms with Crippen molar-refractivity contribution in [3.05, 3.63) is 0 Å². The fourth-order valence-corrected chi connectivity index (χ4v) is 3.98. The molecule has 1 unspecified atom stereocenters. The predicted octanol–water partition coefficient (Wildman–Crippen LogP) is 4.69. The van der Waals surface area contributed by atoms with E-state index in [1.54, 1.807) is 0 Å². The second-order valence-electron chi connectivity index (χ2n) is 8.01. The summed E-state index contributed by atoms with van der Waals surface area (Å²) in [6, 6.07) is 0.665. The Bertz CT molecular complexity index is 265. The summed E-state index contributed by atoms with van der Waals surface area (Å²) in [5.74, 6) is 1.75. The van der Waals surface area contributed by atoms with E-state index in [1.807, 2.05) is 0 Å². The van der Waals surface area contributed by atoms with Crippen molar-refractivity contribution in [2.24, 2.45) is 11.8 Å². The number of hydrogen-bond acceptors (Lipinski definition) is 2. The highest BCUT2D eigenvalue weighted by atomic mass is 15.2. The maximum absolute atomic E-state index is 3.91. The fraction of sp³-hybridized carbons (Fsp3) is 1.00. The summed E-state index contributed by atoms with van der Waals surface area (Å²) < 4.78 is 0. The van der Waals surface area contributed by atoms with Crippen LogP contribution in [0.1, 0.15) is 79.1 Å². The third kappa shape index (κ3) is 5.56. The van der Waals surface area contributed by atoms with E-state index < -0.39 is 0 Å². The maximum Gasteiger partial charge on any atom is 0.0356 e. The van der Waals surface area contributed by atoms with Crippen molar-refractivity contribution in [3.8, 4) is 0 Å². The molecule has 1 rings (SSSR count). The molecule has 0 bridgehead atoms. The van der Waals surface area contributed by atoms with Gasteiger partial charge in [-0.15, -0.1) is 0 Å². The molecule has 1 aliphatic carbocycles. The van der Waals surface area contributed by atoms with Gasteiger partial charge in [0.15, 0.2) is 0 Å². The molecule has 0 amide bonds. The minimum Gasteiger partial charge on any atom is -0.312 e. The predicted molar refractivity (Wildman–Crippen MR) is 94.8 cm³/mol. The molecule has 1 atom stereocenters. The van der Waals surface area contributed by atoms with E-state index in [9.17, 15) is 0 Å². The summed E-state index contributed by atoms with van der Waals surface area (Å²) in [6.07, 6.45) is 10.8. The van der Waals surface area contributed by atoms with Crippen LogP contribution in [0.4, 0.5) is 0 Å². The Morgan fingerprint density at radius 1 is 1.14 bits per heavy atom. The van der Waals surface area contributed by atoms with Crippen molar-refractivity contribution < 1.29 is 0 Å². The Morgan fingerprint density at radius 3 is 2.24 bits per heavy atom. The molecule has 1 fully saturated rings. The summed E-state index contributed by atoms with van der Waals surface area (Å²) in [5, 5.41) is 3.91. The molecular formula is C19H40N2. The van der Waals surface area contributed by atoms with Crippen LogP contribution in [0.3, 0.4) is 0 Å². The summed E-state index contributed by atoms with van der Waals surface area (Å²) in [6.45, 7) is 10.6. The smallest absolute Gasteiger partial charge is 0.0356 e. The van der Waals surface area contributed by atoms with Crippen LogP contribution in [0.2, 0.25) is 0 Å². The number of nitrogens with zero attached hydrogens (tertiary/aromatic N) is 1. The monoisotopic (exact) mass is 296 g/mol. The van der Waals surface area contributed by atoms with Crippen LogP contribution in [0.25, 0.3) is 0 Å². The van der Waals surface area contributed by atoms with E-state index in [-0.39, 0.29) is 0 Å². The van der Waals surface area contributed by atoms with Crippen molar-refractivity contribution in [2.75, 3.05) is 20.6 Å². The third-order valence-electron chi connectivity index (χ3n) is 5.59. The lowest BCUT2D eigenvalue weighted by molar-refractivity contribution is 0.0392. The molecule has 0 heterocycles. The SMILES string of the molecule is CCCNC(CCCC(C)C)C1(N(C)C)CCC(C)CC1. The summed E-state index contributed by atoms with van der Waals surface area (Å²) >= 11 is 0. The van der Waals surface area contributed by atoms with Gasteiger partial charge in [-0.05, 0) is 71.0 Å². The van der Waals surface area contributed by atoms with Crippen molar-refractivity contribution in [2.45, 2.75) is 90.6 Å². The third-order valence-corrected chi connectivity index (χ3v) is 5.59. The first-order valence-electron chi connectivity index (χ1n) is 9.33. The lowest BCUT2D eigenvalue weighted by Crippen LogP contribution is -2.60. The zero-order valence-corrected chi connectivity index (χ0v) is 15.5. The average Bonchev–Trinajstić information content (AvgIpc) is 2.43. The molecular weight excluding hydrogens is 256 g/mol. The zero-order chi connectivity index (χ0) is 15.9. The molecule has 1 aliphatic rings. The first-order chi connectivity index (χ1) is 9.92. The Labute approximate surface area is 134 Å². The number of nitrogens with one attached hydrogen (secondary N) is 1. The molecule has 0 aliphatic heterocycles. The van der Waals surface area contributed by atoms with Gasteiger partial charge in [0.05, 0.1) is 0 Å². The summed E-state index contributed by atoms with van der Waals surface area (Å²) in [4.78, 5) is 2.54. The van der Waals surface area contributed by atoms with Crippen molar-refractivity contribution in [1.29, 1.82) is 0 Å². The quantitative estimate of drug-likeness (QED) is 0.664. The largest absolute Gasteiger partial charge is 0.312 e. The molecule has 0 saturated heterocycles. The first kappa shape index (κ1) is 19.0. The molecule has 0 aromatic heterocycles. The maximum atomic E-state index is 3.91. The van der Waals surface area contributed by atoms with Crippen molar-refractivity contribution >= 4 is 0 Å². The standard InChI is InChI=1S/C19H40N2/c1-7-15-20-18(10-8-9-16(2)3)19(21(5)6)13-11-17(4)12-14-19/h16-18,20H,7-15H2,1-6H3. The van der Waals surface area contributed by atoms with Gasteiger partial charge >= 0.3 is 0 Å². The highest BCUT2D eigenvalue weighted by Crippen LogP contribution is 2.39. The average molecular weight is 297 g/mol. The molecule has 0 aromatic carbocycles. The van der Waals surface area contributed by atoms with Gasteiger partial charge in [0, 0.05) is 11.6 Å². The molecule has 2 heteroatoms. The van der Waals surface area contributed by atoms with Gasteiger partial charge in [-0.2, -0.15) is 0 Å². The Kier molecular flexibility index (Phi) is 8.26. The van der Waals surface area contributed by atoms with Gasteiger partial charge in [0.1, 0.15) is 0 Å². The zero-order valence-electron chi connectivity index (χ0n) is 15.5. The van der Waals surface area contributed by atoms with Gasteiger partial charge in [-0.25, -0.2) is 0 Å². The lowest BCUT2D eigenvalue weighted by Gasteiger charge is -2.50. The van der Waals surface area contributed by atoms with Gasteiger partial charge in [0.25, 0.3) is 0 Å². The molecule has 21 heavy (non-hydrogen) atoms. The lowest BCUT2D eigenvalue weighted by atomic mass is 9.70. The highest BCUT2D eigenvalue weighted by molar-refractivity contribution is 5.01.